The average Bonchev–Trinajstić information content (AvgIpc) is 2.26. The zero-order valence-electron chi connectivity index (χ0n) is 13.0. The molecule has 0 saturated heterocycles. The smallest absolute Gasteiger partial charge is 0.158 e. The van der Waals surface area contributed by atoms with Crippen LogP contribution < -0.4 is 0 Å². The van der Waals surface area contributed by atoms with Gasteiger partial charge in [-0.25, -0.2) is 0 Å². The van der Waals surface area contributed by atoms with E-state index in [0.29, 0.717) is 25.2 Å². The van der Waals surface area contributed by atoms with Crippen molar-refractivity contribution in [3.8, 4) is 0 Å². The van der Waals surface area contributed by atoms with Gasteiger partial charge in [0.15, 0.2) is 5.78 Å². The summed E-state index contributed by atoms with van der Waals surface area (Å²) in [6.45, 7) is 13.9. The second kappa shape index (κ2) is 6.86. The highest BCUT2D eigenvalue weighted by Crippen LogP contribution is 2.29. The predicted octanol–water partition coefficient (Wildman–Crippen LogP) is 4.33. The maximum Gasteiger partial charge on any atom is 0.158 e. The Labute approximate surface area is 112 Å². The van der Waals surface area contributed by atoms with Crippen LogP contribution in [0.25, 0.3) is 0 Å². The second-order valence-electron chi connectivity index (χ2n) is 6.20. The van der Waals surface area contributed by atoms with Crippen molar-refractivity contribution in [2.24, 2.45) is 11.3 Å². The summed E-state index contributed by atoms with van der Waals surface area (Å²) < 4.78 is 0. The van der Waals surface area contributed by atoms with Crippen LogP contribution >= 0.6 is 0 Å². The molecule has 2 nitrogen and oxygen atoms in total. The van der Waals surface area contributed by atoms with Crippen LogP contribution in [0, 0.1) is 11.3 Å². The first-order valence-corrected chi connectivity index (χ1v) is 6.81. The summed E-state index contributed by atoms with van der Waals surface area (Å²) in [5, 5.41) is 0. The van der Waals surface area contributed by atoms with Gasteiger partial charge >= 0.3 is 0 Å². The van der Waals surface area contributed by atoms with Crippen LogP contribution in [0.5, 0.6) is 0 Å². The molecule has 0 bridgehead atoms. The van der Waals surface area contributed by atoms with Crippen LogP contribution in [0.4, 0.5) is 0 Å². The van der Waals surface area contributed by atoms with Gasteiger partial charge in [-0.15, -0.1) is 0 Å². The molecule has 0 aliphatic rings. The number of Topliss-reactive ketones (excluding diaryl/α,β-unsaturated/α-hetero) is 2. The summed E-state index contributed by atoms with van der Waals surface area (Å²) >= 11 is 0. The Morgan fingerprint density at radius 2 is 1.50 bits per heavy atom. The number of allylic oxidation sites excluding steroid dienone is 2. The standard InChI is InChI=1S/C16H28O2/c1-11(2)13(5)14(17)9-8-10-15(18)16(6,7)12(3)4/h12H,8-10H2,1-7H3. The van der Waals surface area contributed by atoms with Gasteiger partial charge in [0, 0.05) is 18.3 Å². The molecule has 0 aliphatic carbocycles. The van der Waals surface area contributed by atoms with E-state index in [4.69, 9.17) is 0 Å². The van der Waals surface area contributed by atoms with Crippen LogP contribution in [0.3, 0.4) is 0 Å². The summed E-state index contributed by atoms with van der Waals surface area (Å²) in [6, 6.07) is 0. The predicted molar refractivity (Wildman–Crippen MR) is 76.5 cm³/mol. The molecule has 0 aromatic rings. The first kappa shape index (κ1) is 17.1. The van der Waals surface area contributed by atoms with Crippen molar-refractivity contribution in [2.45, 2.75) is 67.7 Å². The topological polar surface area (TPSA) is 34.1 Å². The van der Waals surface area contributed by atoms with Crippen molar-refractivity contribution in [1.29, 1.82) is 0 Å². The van der Waals surface area contributed by atoms with Crippen molar-refractivity contribution in [3.05, 3.63) is 11.1 Å². The molecular formula is C16H28O2. The zero-order chi connectivity index (χ0) is 14.5. The number of carbonyl (C=O) groups excluding carboxylic acids is 2. The first-order chi connectivity index (χ1) is 8.10. The van der Waals surface area contributed by atoms with Gasteiger partial charge < -0.3 is 0 Å². The fraction of sp³-hybridized carbons (Fsp3) is 0.750. The number of ketones is 2. The minimum Gasteiger partial charge on any atom is -0.299 e. The summed E-state index contributed by atoms with van der Waals surface area (Å²) in [4.78, 5) is 23.8. The molecule has 0 aliphatic heterocycles. The molecule has 2 heteroatoms. The third-order valence-electron chi connectivity index (χ3n) is 4.14. The Kier molecular flexibility index (Phi) is 6.51. The van der Waals surface area contributed by atoms with E-state index in [2.05, 4.69) is 13.8 Å². The van der Waals surface area contributed by atoms with Gasteiger partial charge in [0.25, 0.3) is 0 Å². The fourth-order valence-electron chi connectivity index (χ4n) is 1.52. The van der Waals surface area contributed by atoms with E-state index >= 15 is 0 Å². The van der Waals surface area contributed by atoms with E-state index in [0.717, 1.165) is 11.1 Å². The third-order valence-corrected chi connectivity index (χ3v) is 4.14. The average molecular weight is 252 g/mol. The first-order valence-electron chi connectivity index (χ1n) is 6.81. The molecule has 0 heterocycles. The minimum atomic E-state index is -0.283. The second-order valence-corrected chi connectivity index (χ2v) is 6.20. The van der Waals surface area contributed by atoms with Gasteiger partial charge in [-0.2, -0.15) is 0 Å². The molecule has 0 spiro atoms. The Hall–Kier alpha value is -0.920. The van der Waals surface area contributed by atoms with Gasteiger partial charge in [-0.05, 0) is 38.7 Å². The molecule has 0 N–H and O–H groups in total. The molecule has 0 amide bonds. The van der Waals surface area contributed by atoms with Gasteiger partial charge in [0.1, 0.15) is 5.78 Å². The van der Waals surface area contributed by atoms with E-state index in [1.165, 1.54) is 0 Å². The van der Waals surface area contributed by atoms with Crippen LogP contribution in [-0.4, -0.2) is 11.6 Å². The lowest BCUT2D eigenvalue weighted by molar-refractivity contribution is -0.129. The molecule has 0 unspecified atom stereocenters. The third kappa shape index (κ3) is 4.75. The number of hydrogen-bond donors (Lipinski definition) is 0. The van der Waals surface area contributed by atoms with Crippen LogP contribution in [0.2, 0.25) is 0 Å². The van der Waals surface area contributed by atoms with Gasteiger partial charge in [-0.1, -0.05) is 33.3 Å². The summed E-state index contributed by atoms with van der Waals surface area (Å²) in [5.41, 5.74) is 1.62. The molecule has 0 radical (unpaired) electrons. The molecule has 0 aromatic heterocycles. The van der Waals surface area contributed by atoms with E-state index in [1.807, 2.05) is 34.6 Å². The Morgan fingerprint density at radius 1 is 1.00 bits per heavy atom. The van der Waals surface area contributed by atoms with Crippen LogP contribution in [0.15, 0.2) is 11.1 Å². The van der Waals surface area contributed by atoms with Crippen molar-refractivity contribution in [3.63, 3.8) is 0 Å². The highest BCUT2D eigenvalue weighted by atomic mass is 16.1. The normalized spacial score (nSPS) is 11.6. The maximum absolute atomic E-state index is 12.1. The quantitative estimate of drug-likeness (QED) is 0.632. The monoisotopic (exact) mass is 252 g/mol. The van der Waals surface area contributed by atoms with Crippen LogP contribution in [0.1, 0.15) is 67.7 Å². The molecule has 0 saturated carbocycles. The molecular weight excluding hydrogens is 224 g/mol. The lowest BCUT2D eigenvalue weighted by atomic mass is 9.76. The van der Waals surface area contributed by atoms with Crippen molar-refractivity contribution in [2.75, 3.05) is 0 Å². The molecule has 0 atom stereocenters. The van der Waals surface area contributed by atoms with Gasteiger partial charge in [-0.3, -0.25) is 9.59 Å². The van der Waals surface area contributed by atoms with Crippen molar-refractivity contribution in [1.82, 2.24) is 0 Å². The van der Waals surface area contributed by atoms with Crippen molar-refractivity contribution < 1.29 is 9.59 Å². The highest BCUT2D eigenvalue weighted by Gasteiger charge is 2.30. The number of hydrogen-bond acceptors (Lipinski definition) is 2. The SMILES string of the molecule is CC(C)=C(C)C(=O)CCCC(=O)C(C)(C)C(C)C. The largest absolute Gasteiger partial charge is 0.299 e. The molecule has 0 fully saturated rings. The fourth-order valence-corrected chi connectivity index (χ4v) is 1.52. The highest BCUT2D eigenvalue weighted by molar-refractivity contribution is 5.95. The van der Waals surface area contributed by atoms with Crippen molar-refractivity contribution >= 4 is 11.6 Å². The summed E-state index contributed by atoms with van der Waals surface area (Å²) in [6.07, 6.45) is 1.66. The molecule has 104 valence electrons. The number of rotatable bonds is 7. The Balaban J connectivity index is 4.27. The number of carbonyl (C=O) groups is 2. The van der Waals surface area contributed by atoms with E-state index in [9.17, 15) is 9.59 Å². The summed E-state index contributed by atoms with van der Waals surface area (Å²) in [5.74, 6) is 0.769. The zero-order valence-corrected chi connectivity index (χ0v) is 13.0. The van der Waals surface area contributed by atoms with E-state index in [1.54, 1.807) is 0 Å². The van der Waals surface area contributed by atoms with E-state index in [-0.39, 0.29) is 17.0 Å². The lowest BCUT2D eigenvalue weighted by Gasteiger charge is -2.27. The molecule has 0 rings (SSSR count). The van der Waals surface area contributed by atoms with Crippen LogP contribution in [-0.2, 0) is 9.59 Å². The Bertz CT molecular complexity index is 342. The molecule has 0 aromatic carbocycles. The molecule has 18 heavy (non-hydrogen) atoms. The van der Waals surface area contributed by atoms with E-state index < -0.39 is 0 Å². The Morgan fingerprint density at radius 3 is 1.89 bits per heavy atom. The van der Waals surface area contributed by atoms with Gasteiger partial charge in [0.2, 0.25) is 0 Å². The van der Waals surface area contributed by atoms with Gasteiger partial charge in [0.05, 0.1) is 0 Å². The summed E-state index contributed by atoms with van der Waals surface area (Å²) in [7, 11) is 0. The maximum atomic E-state index is 12.1. The lowest BCUT2D eigenvalue weighted by Crippen LogP contribution is -2.29. The minimum absolute atomic E-state index is 0.171.